The van der Waals surface area contributed by atoms with Crippen molar-refractivity contribution in [1.29, 1.82) is 0 Å². The minimum Gasteiger partial charge on any atom is -0.508 e. The molecule has 0 aliphatic rings. The second kappa shape index (κ2) is 6.61. The molecule has 1 atom stereocenters. The summed E-state index contributed by atoms with van der Waals surface area (Å²) in [5.41, 5.74) is 7.49. The van der Waals surface area contributed by atoms with E-state index in [1.165, 1.54) is 0 Å². The van der Waals surface area contributed by atoms with E-state index in [0.717, 1.165) is 17.8 Å². The number of nitrogens with two attached hydrogens (primary N) is 1. The number of hydrogen-bond acceptors (Lipinski definition) is 4. The Balaban J connectivity index is 2.95. The molecule has 4 N–H and O–H groups in total. The highest BCUT2D eigenvalue weighted by Gasteiger charge is 2.13. The molecule has 0 radical (unpaired) electrons. The lowest BCUT2D eigenvalue weighted by Gasteiger charge is -2.29. The van der Waals surface area contributed by atoms with Gasteiger partial charge in [0.25, 0.3) is 0 Å². The second-order valence-electron chi connectivity index (χ2n) is 4.90. The van der Waals surface area contributed by atoms with Crippen LogP contribution in [0, 0.1) is 0 Å². The zero-order chi connectivity index (χ0) is 13.7. The second-order valence-corrected chi connectivity index (χ2v) is 4.90. The molecule has 0 bridgehead atoms. The third kappa shape index (κ3) is 3.62. The van der Waals surface area contributed by atoms with Gasteiger partial charge in [0.1, 0.15) is 5.75 Å². The van der Waals surface area contributed by atoms with Crippen molar-refractivity contribution < 1.29 is 10.2 Å². The van der Waals surface area contributed by atoms with E-state index < -0.39 is 0 Å². The molecule has 4 nitrogen and oxygen atoms in total. The van der Waals surface area contributed by atoms with Gasteiger partial charge in [-0.25, -0.2) is 0 Å². The van der Waals surface area contributed by atoms with Crippen LogP contribution in [0.15, 0.2) is 18.2 Å². The zero-order valence-electron chi connectivity index (χ0n) is 11.4. The van der Waals surface area contributed by atoms with Crippen LogP contribution < -0.4 is 10.6 Å². The highest BCUT2D eigenvalue weighted by molar-refractivity contribution is 5.54. The lowest BCUT2D eigenvalue weighted by molar-refractivity contribution is 0.288. The van der Waals surface area contributed by atoms with Crippen molar-refractivity contribution in [2.45, 2.75) is 39.3 Å². The van der Waals surface area contributed by atoms with Crippen molar-refractivity contribution >= 4 is 5.69 Å². The Hall–Kier alpha value is -1.26. The number of benzene rings is 1. The van der Waals surface area contributed by atoms with Crippen LogP contribution in [0.2, 0.25) is 0 Å². The number of hydrogen-bond donors (Lipinski definition) is 3. The third-order valence-corrected chi connectivity index (χ3v) is 3.02. The van der Waals surface area contributed by atoms with Crippen molar-refractivity contribution in [2.24, 2.45) is 5.73 Å². The third-order valence-electron chi connectivity index (χ3n) is 3.02. The Morgan fingerprint density at radius 1 is 1.28 bits per heavy atom. The minimum atomic E-state index is -0.177. The van der Waals surface area contributed by atoms with E-state index in [2.05, 4.69) is 18.7 Å². The smallest absolute Gasteiger partial charge is 0.122 e. The fourth-order valence-corrected chi connectivity index (χ4v) is 2.02. The number of aromatic hydroxyl groups is 1. The zero-order valence-corrected chi connectivity index (χ0v) is 11.4. The van der Waals surface area contributed by atoms with Gasteiger partial charge in [-0.1, -0.05) is 6.07 Å². The van der Waals surface area contributed by atoms with Gasteiger partial charge in [0, 0.05) is 42.6 Å². The summed E-state index contributed by atoms with van der Waals surface area (Å²) in [5, 5.41) is 18.9. The largest absolute Gasteiger partial charge is 0.508 e. The van der Waals surface area contributed by atoms with E-state index in [9.17, 15) is 5.11 Å². The summed E-state index contributed by atoms with van der Waals surface area (Å²) in [4.78, 5) is 2.15. The first-order valence-corrected chi connectivity index (χ1v) is 6.43. The van der Waals surface area contributed by atoms with Crippen molar-refractivity contribution in [3.8, 4) is 5.75 Å². The number of phenolic OH excluding ortho intramolecular Hbond substituents is 1. The molecule has 18 heavy (non-hydrogen) atoms. The molecule has 0 aliphatic heterocycles. The summed E-state index contributed by atoms with van der Waals surface area (Å²) in [7, 11) is 0. The van der Waals surface area contributed by atoms with Gasteiger partial charge < -0.3 is 20.8 Å². The summed E-state index contributed by atoms with van der Waals surface area (Å²) >= 11 is 0. The molecule has 0 saturated carbocycles. The fourth-order valence-electron chi connectivity index (χ4n) is 2.02. The summed E-state index contributed by atoms with van der Waals surface area (Å²) in [5.74, 6) is 0.233. The van der Waals surface area contributed by atoms with Crippen LogP contribution in [0.3, 0.4) is 0 Å². The van der Waals surface area contributed by atoms with E-state index in [1.807, 2.05) is 19.1 Å². The summed E-state index contributed by atoms with van der Waals surface area (Å²) in [6.07, 6.45) is 0.716. The molecule has 0 aromatic heterocycles. The normalized spacial score (nSPS) is 12.8. The first-order valence-electron chi connectivity index (χ1n) is 6.43. The maximum atomic E-state index is 9.96. The predicted octanol–water partition coefficient (Wildman–Crippen LogP) is 2.01. The molecule has 0 spiro atoms. The van der Waals surface area contributed by atoms with Gasteiger partial charge in [0.05, 0.1) is 0 Å². The van der Waals surface area contributed by atoms with Gasteiger partial charge in [0.15, 0.2) is 0 Å². The molecular weight excluding hydrogens is 228 g/mol. The van der Waals surface area contributed by atoms with Crippen LogP contribution in [0.4, 0.5) is 5.69 Å². The van der Waals surface area contributed by atoms with Crippen LogP contribution in [0.1, 0.15) is 38.8 Å². The number of aliphatic hydroxyl groups is 1. The quantitative estimate of drug-likeness (QED) is 0.724. The van der Waals surface area contributed by atoms with Gasteiger partial charge in [-0.2, -0.15) is 0 Å². The van der Waals surface area contributed by atoms with Gasteiger partial charge in [0.2, 0.25) is 0 Å². The van der Waals surface area contributed by atoms with Gasteiger partial charge in [-0.15, -0.1) is 0 Å². The lowest BCUT2D eigenvalue weighted by Crippen LogP contribution is -2.32. The average Bonchev–Trinajstić information content (AvgIpc) is 2.28. The molecule has 0 fully saturated rings. The highest BCUT2D eigenvalue weighted by atomic mass is 16.3. The van der Waals surface area contributed by atoms with Gasteiger partial charge >= 0.3 is 0 Å². The molecule has 4 heteroatoms. The summed E-state index contributed by atoms with van der Waals surface area (Å²) in [6.45, 7) is 6.97. The number of rotatable bonds is 6. The number of nitrogens with zero attached hydrogens (tertiary/aromatic N) is 1. The maximum absolute atomic E-state index is 9.96. The van der Waals surface area contributed by atoms with E-state index in [0.29, 0.717) is 12.5 Å². The highest BCUT2D eigenvalue weighted by Crippen LogP contribution is 2.29. The fraction of sp³-hybridized carbons (Fsp3) is 0.571. The van der Waals surface area contributed by atoms with Crippen LogP contribution in [-0.2, 0) is 0 Å². The van der Waals surface area contributed by atoms with Gasteiger partial charge in [-0.05, 0) is 33.3 Å². The minimum absolute atomic E-state index is 0.174. The summed E-state index contributed by atoms with van der Waals surface area (Å²) in [6, 6.07) is 5.72. The molecule has 102 valence electrons. The van der Waals surface area contributed by atoms with E-state index in [1.54, 1.807) is 6.07 Å². The van der Waals surface area contributed by atoms with Crippen LogP contribution in [0.25, 0.3) is 0 Å². The first kappa shape index (κ1) is 14.8. The van der Waals surface area contributed by atoms with Crippen LogP contribution in [-0.4, -0.2) is 29.4 Å². The maximum Gasteiger partial charge on any atom is 0.122 e. The number of phenols is 1. The molecular formula is C14H24N2O2. The molecule has 0 heterocycles. The molecule has 1 aromatic carbocycles. The van der Waals surface area contributed by atoms with E-state index in [-0.39, 0.29) is 18.4 Å². The standard InChI is InChI=1S/C14H24N2O2/c1-10(2)16(7-4-8-17)12-5-6-13(11(3)15)14(18)9-12/h5-6,9-11,17-18H,4,7-8,15H2,1-3H3. The Kier molecular flexibility index (Phi) is 5.44. The Morgan fingerprint density at radius 3 is 2.39 bits per heavy atom. The molecule has 1 aromatic rings. The first-order chi connectivity index (χ1) is 8.47. The number of aliphatic hydroxyl groups excluding tert-OH is 1. The van der Waals surface area contributed by atoms with Crippen molar-refractivity contribution in [3.05, 3.63) is 23.8 Å². The Bertz CT molecular complexity index is 378. The van der Waals surface area contributed by atoms with Crippen molar-refractivity contribution in [3.63, 3.8) is 0 Å². The van der Waals surface area contributed by atoms with Crippen LogP contribution in [0.5, 0.6) is 5.75 Å². The number of anilines is 1. The Morgan fingerprint density at radius 2 is 1.94 bits per heavy atom. The van der Waals surface area contributed by atoms with Crippen molar-refractivity contribution in [1.82, 2.24) is 0 Å². The van der Waals surface area contributed by atoms with Crippen molar-refractivity contribution in [2.75, 3.05) is 18.1 Å². The topological polar surface area (TPSA) is 69.7 Å². The van der Waals surface area contributed by atoms with E-state index in [4.69, 9.17) is 10.8 Å². The molecule has 0 amide bonds. The van der Waals surface area contributed by atoms with Crippen LogP contribution >= 0.6 is 0 Å². The lowest BCUT2D eigenvalue weighted by atomic mass is 10.1. The Labute approximate surface area is 109 Å². The SMILES string of the molecule is CC(N)c1ccc(N(CCCO)C(C)C)cc1O. The molecule has 1 rings (SSSR count). The average molecular weight is 252 g/mol. The molecule has 1 unspecified atom stereocenters. The molecule has 0 saturated heterocycles. The monoisotopic (exact) mass is 252 g/mol. The summed E-state index contributed by atoms with van der Waals surface area (Å²) < 4.78 is 0. The molecule has 0 aliphatic carbocycles. The van der Waals surface area contributed by atoms with E-state index >= 15 is 0 Å². The van der Waals surface area contributed by atoms with Gasteiger partial charge in [-0.3, -0.25) is 0 Å². The predicted molar refractivity (Wildman–Crippen MR) is 74.9 cm³/mol.